The smallest absolute Gasteiger partial charge is 0.0494 e. The summed E-state index contributed by atoms with van der Waals surface area (Å²) in [5.74, 6) is 0. The second kappa shape index (κ2) is 18.8. The molecule has 0 amide bonds. The zero-order valence-corrected chi connectivity index (χ0v) is 35.0. The molecule has 6 aromatic rings. The van der Waals surface area contributed by atoms with Gasteiger partial charge in [0.25, 0.3) is 0 Å². The zero-order chi connectivity index (χ0) is 40.4. The number of nitrogens with zero attached hydrogens (tertiary/aromatic N) is 3. The number of hydrogen-bond donors (Lipinski definition) is 0. The van der Waals surface area contributed by atoms with Gasteiger partial charge in [0, 0.05) is 40.4 Å². The number of allylic oxidation sites excluding steroid dienone is 5. The van der Waals surface area contributed by atoms with E-state index in [2.05, 4.69) is 194 Å². The van der Waals surface area contributed by atoms with E-state index in [1.807, 2.05) is 13.0 Å². The first-order valence-corrected chi connectivity index (χ1v) is 21.1. The summed E-state index contributed by atoms with van der Waals surface area (Å²) in [4.78, 5) is 3.42. The summed E-state index contributed by atoms with van der Waals surface area (Å²) < 4.78 is 4.90. The fourth-order valence-corrected chi connectivity index (χ4v) is 8.76. The maximum absolute atomic E-state index is 3.42. The molecule has 2 aromatic heterocycles. The second-order valence-corrected chi connectivity index (χ2v) is 15.0. The Labute approximate surface area is 346 Å². The number of aliphatic imine (C=N–C) groups is 1. The van der Waals surface area contributed by atoms with Crippen LogP contribution >= 0.6 is 0 Å². The lowest BCUT2D eigenvalue weighted by Gasteiger charge is -2.14. The summed E-state index contributed by atoms with van der Waals surface area (Å²) in [6.07, 6.45) is 29.2. The summed E-state index contributed by atoms with van der Waals surface area (Å²) >= 11 is 0. The molecule has 0 spiro atoms. The zero-order valence-electron chi connectivity index (χ0n) is 35.0. The van der Waals surface area contributed by atoms with Gasteiger partial charge in [-0.3, -0.25) is 4.99 Å². The largest absolute Gasteiger partial charge is 0.310 e. The molecule has 4 aromatic carbocycles. The molecular weight excluding hydrogens is 703 g/mol. The predicted octanol–water partition coefficient (Wildman–Crippen LogP) is 14.5. The molecule has 2 heterocycles. The monoisotopic (exact) mass is 759 g/mol. The molecule has 2 aliphatic carbocycles. The highest BCUT2D eigenvalue weighted by molar-refractivity contribution is 5.72. The molecule has 3 nitrogen and oxygen atoms in total. The minimum atomic E-state index is 0.915. The third-order valence-electron chi connectivity index (χ3n) is 11.4. The highest BCUT2D eigenvalue weighted by Gasteiger charge is 2.23. The van der Waals surface area contributed by atoms with E-state index in [1.54, 1.807) is 17.3 Å². The van der Waals surface area contributed by atoms with Gasteiger partial charge >= 0.3 is 0 Å². The van der Waals surface area contributed by atoms with Gasteiger partial charge in [-0.05, 0) is 177 Å². The topological polar surface area (TPSA) is 22.2 Å². The number of hydrogen-bond acceptors (Lipinski definition) is 1. The van der Waals surface area contributed by atoms with Crippen molar-refractivity contribution in [1.29, 1.82) is 0 Å². The Morgan fingerprint density at radius 2 is 0.931 bits per heavy atom. The van der Waals surface area contributed by atoms with E-state index in [1.165, 1.54) is 78.7 Å². The third kappa shape index (κ3) is 8.27. The lowest BCUT2D eigenvalue weighted by Crippen LogP contribution is -2.02. The highest BCUT2D eigenvalue weighted by Crippen LogP contribution is 2.36. The van der Waals surface area contributed by atoms with Crippen molar-refractivity contribution in [2.75, 3.05) is 0 Å². The van der Waals surface area contributed by atoms with E-state index in [9.17, 15) is 0 Å². The van der Waals surface area contributed by atoms with Crippen molar-refractivity contribution in [3.63, 3.8) is 0 Å². The molecule has 0 unspecified atom stereocenters. The van der Waals surface area contributed by atoms with Crippen molar-refractivity contribution in [2.24, 2.45) is 4.99 Å². The molecule has 0 fully saturated rings. The van der Waals surface area contributed by atoms with Crippen LogP contribution in [0.2, 0.25) is 0 Å². The maximum Gasteiger partial charge on any atom is 0.0494 e. The molecule has 2 aliphatic rings. The lowest BCUT2D eigenvalue weighted by molar-refractivity contribution is 0.922. The standard InChI is InChI=1S/C51H50N2.C4H7N/c1-5-13-48-44(7-3)45(8-4)49(14-6-2)52(48)42-31-27-40(28-32-42)38-23-19-36(20-24-38)35-37-21-25-39(26-22-37)41-29-33-43(34-30-41)53-50-17-11-9-15-46(50)47-16-10-12-18-51(47)53;1-3-4-5-2/h5-6,11-14,17-34H,7-10,15-16,35H2,1-4H3;3-4H,2H2,1H3/b13-5-,14-6-;4-3-. The molecule has 0 aliphatic heterocycles. The van der Waals surface area contributed by atoms with Crippen molar-refractivity contribution in [3.8, 4) is 33.6 Å². The van der Waals surface area contributed by atoms with Gasteiger partial charge in [0.15, 0.2) is 0 Å². The first kappa shape index (κ1) is 40.0. The first-order chi connectivity index (χ1) is 28.5. The maximum atomic E-state index is 3.42. The Morgan fingerprint density at radius 3 is 1.28 bits per heavy atom. The van der Waals surface area contributed by atoms with Crippen molar-refractivity contribution in [1.82, 2.24) is 9.13 Å². The minimum absolute atomic E-state index is 0.915. The Kier molecular flexibility index (Phi) is 13.0. The van der Waals surface area contributed by atoms with Crippen LogP contribution in [-0.4, -0.2) is 15.9 Å². The molecule has 0 saturated heterocycles. The fraction of sp³-hybridized carbons (Fsp3) is 0.218. The fourth-order valence-electron chi connectivity index (χ4n) is 8.76. The van der Waals surface area contributed by atoms with Crippen LogP contribution in [0.15, 0.2) is 139 Å². The number of aromatic nitrogens is 2. The third-order valence-corrected chi connectivity index (χ3v) is 11.4. The van der Waals surface area contributed by atoms with E-state index < -0.39 is 0 Å². The predicted molar refractivity (Wildman–Crippen MR) is 252 cm³/mol. The molecular formula is C55H57N3. The molecule has 0 N–H and O–H groups in total. The van der Waals surface area contributed by atoms with E-state index in [0.717, 1.165) is 44.9 Å². The minimum Gasteiger partial charge on any atom is -0.310 e. The second-order valence-electron chi connectivity index (χ2n) is 15.0. The summed E-state index contributed by atoms with van der Waals surface area (Å²) in [7, 11) is 0. The molecule has 3 heteroatoms. The van der Waals surface area contributed by atoms with E-state index >= 15 is 0 Å². The summed E-state index contributed by atoms with van der Waals surface area (Å²) in [6.45, 7) is 13.9. The van der Waals surface area contributed by atoms with Gasteiger partial charge in [-0.1, -0.05) is 117 Å². The van der Waals surface area contributed by atoms with Gasteiger partial charge in [-0.2, -0.15) is 0 Å². The van der Waals surface area contributed by atoms with E-state index in [0.29, 0.717) is 0 Å². The Bertz CT molecular complexity index is 2410. The van der Waals surface area contributed by atoms with Gasteiger partial charge in [0.05, 0.1) is 0 Å². The molecule has 292 valence electrons. The Hall–Kier alpha value is -6.19. The molecule has 8 rings (SSSR count). The van der Waals surface area contributed by atoms with Crippen LogP contribution in [0.1, 0.15) is 104 Å². The van der Waals surface area contributed by atoms with E-state index in [-0.39, 0.29) is 0 Å². The molecule has 0 radical (unpaired) electrons. The van der Waals surface area contributed by atoms with Gasteiger partial charge in [-0.25, -0.2) is 0 Å². The molecule has 0 atom stereocenters. The van der Waals surface area contributed by atoms with E-state index in [4.69, 9.17) is 0 Å². The van der Waals surface area contributed by atoms with Crippen LogP contribution in [-0.2, 0) is 32.1 Å². The van der Waals surface area contributed by atoms with Crippen LogP contribution in [0.4, 0.5) is 0 Å². The van der Waals surface area contributed by atoms with Crippen LogP contribution in [0, 0.1) is 0 Å². The number of rotatable bonds is 11. The van der Waals surface area contributed by atoms with Crippen LogP contribution < -0.4 is 0 Å². The van der Waals surface area contributed by atoms with Gasteiger partial charge < -0.3 is 9.13 Å². The van der Waals surface area contributed by atoms with Crippen LogP contribution in [0.5, 0.6) is 0 Å². The Morgan fingerprint density at radius 1 is 0.534 bits per heavy atom. The SMILES string of the molecule is C/C=C\c1c(CC)c(CC)c(/C=C\C)n1-c1ccc(-c2ccc(Cc3ccc(-c4ccc(-n5c6c(c7c5C=CCC7)CCC=C6)cc4)cc3)cc2)cc1.C=N/C=C\C. The van der Waals surface area contributed by atoms with Gasteiger partial charge in [-0.15, -0.1) is 0 Å². The van der Waals surface area contributed by atoms with Gasteiger partial charge in [0.2, 0.25) is 0 Å². The van der Waals surface area contributed by atoms with Crippen LogP contribution in [0.25, 0.3) is 57.9 Å². The molecule has 0 bridgehead atoms. The average Bonchev–Trinajstić information content (AvgIpc) is 3.76. The molecule has 0 saturated carbocycles. The summed E-state index contributed by atoms with van der Waals surface area (Å²) in [5, 5.41) is 0. The van der Waals surface area contributed by atoms with Crippen molar-refractivity contribution < 1.29 is 0 Å². The molecule has 58 heavy (non-hydrogen) atoms. The normalized spacial score (nSPS) is 13.3. The highest BCUT2D eigenvalue weighted by atomic mass is 15.0. The summed E-state index contributed by atoms with van der Waals surface area (Å²) in [6, 6.07) is 36.4. The Balaban J connectivity index is 0.000000966. The number of fused-ring (bicyclic) bond motifs is 3. The van der Waals surface area contributed by atoms with Crippen molar-refractivity contribution in [3.05, 3.63) is 190 Å². The average molecular weight is 760 g/mol. The lowest BCUT2D eigenvalue weighted by atomic mass is 9.94. The van der Waals surface area contributed by atoms with Crippen LogP contribution in [0.3, 0.4) is 0 Å². The number of benzene rings is 4. The van der Waals surface area contributed by atoms with Gasteiger partial charge in [0.1, 0.15) is 0 Å². The van der Waals surface area contributed by atoms with Crippen molar-refractivity contribution in [2.45, 2.75) is 79.6 Å². The first-order valence-electron chi connectivity index (χ1n) is 21.1. The summed E-state index contributed by atoms with van der Waals surface area (Å²) in [5.41, 5.74) is 21.4. The van der Waals surface area contributed by atoms with Crippen molar-refractivity contribution >= 4 is 31.0 Å². The quantitative estimate of drug-likeness (QED) is 0.117.